The van der Waals surface area contributed by atoms with Crippen LogP contribution in [0.15, 0.2) is 24.3 Å². The van der Waals surface area contributed by atoms with Crippen molar-refractivity contribution in [3.8, 4) is 0 Å². The second-order valence-electron chi connectivity index (χ2n) is 6.49. The van der Waals surface area contributed by atoms with Crippen molar-refractivity contribution in [1.82, 2.24) is 10.3 Å². The first kappa shape index (κ1) is 17.9. The highest BCUT2D eigenvalue weighted by atomic mass is 32.1. The highest BCUT2D eigenvalue weighted by Crippen LogP contribution is 2.41. The van der Waals surface area contributed by atoms with Crippen LogP contribution < -0.4 is 5.32 Å². The van der Waals surface area contributed by atoms with Crippen LogP contribution in [0, 0.1) is 5.92 Å². The molecule has 2 aromatic rings. The third-order valence-electron chi connectivity index (χ3n) is 4.71. The lowest BCUT2D eigenvalue weighted by Gasteiger charge is -2.29. The van der Waals surface area contributed by atoms with Crippen LogP contribution >= 0.6 is 11.3 Å². The van der Waals surface area contributed by atoms with Crippen LogP contribution in [0.5, 0.6) is 0 Å². The maximum Gasteiger partial charge on any atom is 0.310 e. The fraction of sp³-hybridized carbons (Fsp3) is 0.526. The zero-order valence-electron chi connectivity index (χ0n) is 14.7. The number of nitrogens with zero attached hydrogens (tertiary/aromatic N) is 1. The predicted molar refractivity (Wildman–Crippen MR) is 98.6 cm³/mol. The highest BCUT2D eigenvalue weighted by Gasteiger charge is 2.36. The Labute approximate surface area is 151 Å². The lowest BCUT2D eigenvalue weighted by Crippen LogP contribution is -2.38. The number of hydrogen-bond acceptors (Lipinski definition) is 5. The molecule has 0 aliphatic heterocycles. The first-order valence-electron chi connectivity index (χ1n) is 8.93. The van der Waals surface area contributed by atoms with Crippen molar-refractivity contribution in [3.05, 3.63) is 29.3 Å². The minimum Gasteiger partial charge on any atom is -0.452 e. The number of likely N-dealkylation sites (N-methyl/N-ethyl adjacent to an activating group) is 1. The fourth-order valence-corrected chi connectivity index (χ4v) is 4.56. The van der Waals surface area contributed by atoms with E-state index in [1.807, 2.05) is 25.1 Å². The molecule has 3 atom stereocenters. The van der Waals surface area contributed by atoms with E-state index in [9.17, 15) is 9.59 Å². The summed E-state index contributed by atoms with van der Waals surface area (Å²) in [6.07, 6.45) is 3.08. The summed E-state index contributed by atoms with van der Waals surface area (Å²) >= 11 is 1.66. The molecular weight excluding hydrogens is 336 g/mol. The molecular formula is C19H24N2O3S. The quantitative estimate of drug-likeness (QED) is 0.827. The number of carbonyl (C=O) groups excluding carboxylic acids is 2. The van der Waals surface area contributed by atoms with Crippen LogP contribution in [-0.2, 0) is 14.3 Å². The van der Waals surface area contributed by atoms with Crippen molar-refractivity contribution in [1.29, 1.82) is 0 Å². The van der Waals surface area contributed by atoms with Gasteiger partial charge in [0.15, 0.2) is 6.10 Å². The van der Waals surface area contributed by atoms with E-state index in [0.717, 1.165) is 40.9 Å². The molecule has 5 nitrogen and oxygen atoms in total. The van der Waals surface area contributed by atoms with Gasteiger partial charge in [-0.1, -0.05) is 25.0 Å². The van der Waals surface area contributed by atoms with Crippen LogP contribution in [0.25, 0.3) is 10.2 Å². The van der Waals surface area contributed by atoms with Crippen LogP contribution in [0.4, 0.5) is 0 Å². The van der Waals surface area contributed by atoms with Gasteiger partial charge in [-0.2, -0.15) is 0 Å². The number of benzene rings is 1. The smallest absolute Gasteiger partial charge is 0.310 e. The third kappa shape index (κ3) is 4.00. The van der Waals surface area contributed by atoms with E-state index in [2.05, 4.69) is 11.4 Å². The van der Waals surface area contributed by atoms with Gasteiger partial charge in [-0.3, -0.25) is 9.59 Å². The van der Waals surface area contributed by atoms with Crippen molar-refractivity contribution in [2.45, 2.75) is 51.6 Å². The van der Waals surface area contributed by atoms with Gasteiger partial charge >= 0.3 is 5.97 Å². The topological polar surface area (TPSA) is 68.3 Å². The summed E-state index contributed by atoms with van der Waals surface area (Å²) in [5.74, 6) is -0.655. The molecule has 1 amide bonds. The number of rotatable bonds is 5. The van der Waals surface area contributed by atoms with E-state index in [1.54, 1.807) is 18.3 Å². The maximum atomic E-state index is 12.7. The van der Waals surface area contributed by atoms with Gasteiger partial charge in [-0.25, -0.2) is 4.98 Å². The molecule has 1 fully saturated rings. The Balaban J connectivity index is 1.76. The number of hydrogen-bond donors (Lipinski definition) is 1. The molecule has 1 saturated carbocycles. The van der Waals surface area contributed by atoms with E-state index in [4.69, 9.17) is 9.72 Å². The summed E-state index contributed by atoms with van der Waals surface area (Å²) in [7, 11) is 0. The lowest BCUT2D eigenvalue weighted by molar-refractivity contribution is -0.160. The van der Waals surface area contributed by atoms with Gasteiger partial charge in [-0.15, -0.1) is 11.3 Å². The predicted octanol–water partition coefficient (Wildman–Crippen LogP) is 3.64. The Morgan fingerprint density at radius 2 is 2.08 bits per heavy atom. The normalized spacial score (nSPS) is 21.7. The Kier molecular flexibility index (Phi) is 5.68. The molecule has 1 aliphatic carbocycles. The Morgan fingerprint density at radius 3 is 2.84 bits per heavy atom. The van der Waals surface area contributed by atoms with Crippen molar-refractivity contribution in [3.63, 3.8) is 0 Å². The number of amides is 1. The van der Waals surface area contributed by atoms with Crippen molar-refractivity contribution in [2.75, 3.05) is 6.54 Å². The molecule has 134 valence electrons. The molecule has 1 aliphatic rings. The number of carbonyl (C=O) groups is 2. The molecule has 0 spiro atoms. The minimum absolute atomic E-state index is 0.0834. The highest BCUT2D eigenvalue weighted by molar-refractivity contribution is 7.18. The van der Waals surface area contributed by atoms with Gasteiger partial charge < -0.3 is 10.1 Å². The second-order valence-corrected chi connectivity index (χ2v) is 7.55. The fourth-order valence-electron chi connectivity index (χ4n) is 3.39. The van der Waals surface area contributed by atoms with Gasteiger partial charge in [-0.05, 0) is 38.8 Å². The zero-order valence-corrected chi connectivity index (χ0v) is 15.5. The van der Waals surface area contributed by atoms with E-state index in [1.165, 1.54) is 0 Å². The number of thiazole rings is 1. The zero-order chi connectivity index (χ0) is 17.8. The van der Waals surface area contributed by atoms with E-state index < -0.39 is 6.10 Å². The monoisotopic (exact) mass is 360 g/mol. The van der Waals surface area contributed by atoms with E-state index in [-0.39, 0.29) is 23.7 Å². The second kappa shape index (κ2) is 7.95. The molecule has 0 bridgehead atoms. The van der Waals surface area contributed by atoms with Crippen molar-refractivity contribution in [2.24, 2.45) is 5.92 Å². The van der Waals surface area contributed by atoms with Gasteiger partial charge in [0, 0.05) is 12.5 Å². The Hall–Kier alpha value is -1.95. The van der Waals surface area contributed by atoms with Crippen molar-refractivity contribution < 1.29 is 14.3 Å². The molecule has 0 radical (unpaired) electrons. The molecule has 1 heterocycles. The summed E-state index contributed by atoms with van der Waals surface area (Å²) in [6.45, 7) is 3.99. The van der Waals surface area contributed by atoms with Crippen LogP contribution in [0.3, 0.4) is 0 Å². The number of esters is 1. The van der Waals surface area contributed by atoms with Gasteiger partial charge in [0.2, 0.25) is 0 Å². The standard InChI is InChI=1S/C19H24N2O3S/c1-3-20-17(22)12(2)24-19(23)14-9-5-4-8-13(14)18-21-15-10-6-7-11-16(15)25-18/h6-7,10-14H,3-5,8-9H2,1-2H3,(H,20,22)/t12-,13+,14-/m1/s1. The largest absolute Gasteiger partial charge is 0.452 e. The van der Waals surface area contributed by atoms with E-state index >= 15 is 0 Å². The van der Waals surface area contributed by atoms with Crippen molar-refractivity contribution >= 4 is 33.4 Å². The van der Waals surface area contributed by atoms with Crippen LogP contribution in [-0.4, -0.2) is 29.5 Å². The number of ether oxygens (including phenoxy) is 1. The van der Waals surface area contributed by atoms with Gasteiger partial charge in [0.1, 0.15) is 0 Å². The summed E-state index contributed by atoms with van der Waals surface area (Å²) in [5.41, 5.74) is 0.982. The van der Waals surface area contributed by atoms with Crippen LogP contribution in [0.2, 0.25) is 0 Å². The van der Waals surface area contributed by atoms with E-state index in [0.29, 0.717) is 6.54 Å². The number of aromatic nitrogens is 1. The molecule has 1 aromatic carbocycles. The summed E-state index contributed by atoms with van der Waals surface area (Å²) in [6, 6.07) is 8.05. The minimum atomic E-state index is -0.759. The number of para-hydroxylation sites is 1. The van der Waals surface area contributed by atoms with Gasteiger partial charge in [0.25, 0.3) is 5.91 Å². The number of nitrogens with one attached hydrogen (secondary N) is 1. The Morgan fingerprint density at radius 1 is 1.32 bits per heavy atom. The van der Waals surface area contributed by atoms with Gasteiger partial charge in [0.05, 0.1) is 21.1 Å². The summed E-state index contributed by atoms with van der Waals surface area (Å²) in [5, 5.41) is 3.70. The third-order valence-corrected chi connectivity index (χ3v) is 5.88. The Bertz CT molecular complexity index is 725. The first-order valence-corrected chi connectivity index (χ1v) is 9.75. The average Bonchev–Trinajstić information content (AvgIpc) is 3.05. The summed E-state index contributed by atoms with van der Waals surface area (Å²) < 4.78 is 6.60. The van der Waals surface area contributed by atoms with Crippen LogP contribution in [0.1, 0.15) is 50.5 Å². The molecule has 3 rings (SSSR count). The molecule has 6 heteroatoms. The maximum absolute atomic E-state index is 12.7. The molecule has 0 saturated heterocycles. The lowest BCUT2D eigenvalue weighted by atomic mass is 9.79. The molecule has 0 unspecified atom stereocenters. The molecule has 25 heavy (non-hydrogen) atoms. The summed E-state index contributed by atoms with van der Waals surface area (Å²) in [4.78, 5) is 29.3. The SMILES string of the molecule is CCNC(=O)[C@@H](C)OC(=O)[C@@H]1CCCC[C@@H]1c1nc2ccccc2s1. The molecule has 1 N–H and O–H groups in total. The average molecular weight is 360 g/mol. The number of fused-ring (bicyclic) bond motifs is 1. The molecule has 1 aromatic heterocycles. The first-order chi connectivity index (χ1) is 12.1.